The van der Waals surface area contributed by atoms with Gasteiger partial charge in [0, 0.05) is 13.0 Å². The quantitative estimate of drug-likeness (QED) is 0.867. The zero-order valence-corrected chi connectivity index (χ0v) is 12.2. The standard InChI is InChI=1S/C18H25NO/c20-18(19-12-11-14-5-1-2-6-14)13-16-10-9-15-7-3-4-8-17(15)16/h3-4,7-8,14,16H,1-2,5-6,9-13H2,(H,19,20). The van der Waals surface area contributed by atoms with Crippen LogP contribution in [0.3, 0.4) is 0 Å². The lowest BCUT2D eigenvalue weighted by atomic mass is 9.97. The van der Waals surface area contributed by atoms with Crippen molar-refractivity contribution in [1.29, 1.82) is 0 Å². The highest BCUT2D eigenvalue weighted by atomic mass is 16.1. The molecular formula is C18H25NO. The monoisotopic (exact) mass is 271 g/mol. The van der Waals surface area contributed by atoms with Gasteiger partial charge in [-0.05, 0) is 42.2 Å². The fourth-order valence-corrected chi connectivity index (χ4v) is 3.87. The van der Waals surface area contributed by atoms with Crippen molar-refractivity contribution in [2.75, 3.05) is 6.54 Å². The Balaban J connectivity index is 1.43. The van der Waals surface area contributed by atoms with Crippen molar-refractivity contribution in [1.82, 2.24) is 5.32 Å². The van der Waals surface area contributed by atoms with Gasteiger partial charge in [0.25, 0.3) is 0 Å². The molecule has 0 aliphatic heterocycles. The SMILES string of the molecule is O=C(CC1CCc2ccccc21)NCCC1CCCC1. The zero-order valence-electron chi connectivity index (χ0n) is 12.2. The van der Waals surface area contributed by atoms with Crippen LogP contribution in [0.5, 0.6) is 0 Å². The summed E-state index contributed by atoms with van der Waals surface area (Å²) in [5.41, 5.74) is 2.84. The van der Waals surface area contributed by atoms with Gasteiger partial charge in [-0.3, -0.25) is 4.79 Å². The number of benzene rings is 1. The van der Waals surface area contributed by atoms with Gasteiger partial charge in [-0.2, -0.15) is 0 Å². The number of carbonyl (C=O) groups is 1. The average Bonchev–Trinajstić information content (AvgIpc) is 3.09. The van der Waals surface area contributed by atoms with Crippen molar-refractivity contribution in [2.45, 2.75) is 57.3 Å². The van der Waals surface area contributed by atoms with E-state index in [4.69, 9.17) is 0 Å². The van der Waals surface area contributed by atoms with Crippen LogP contribution in [-0.4, -0.2) is 12.5 Å². The Morgan fingerprint density at radius 3 is 2.80 bits per heavy atom. The molecule has 3 rings (SSSR count). The first kappa shape index (κ1) is 13.7. The second-order valence-corrected chi connectivity index (χ2v) is 6.43. The lowest BCUT2D eigenvalue weighted by molar-refractivity contribution is -0.121. The molecule has 1 saturated carbocycles. The number of carbonyl (C=O) groups excluding carboxylic acids is 1. The third-order valence-corrected chi connectivity index (χ3v) is 5.04. The Morgan fingerprint density at radius 2 is 1.95 bits per heavy atom. The highest BCUT2D eigenvalue weighted by Gasteiger charge is 2.24. The summed E-state index contributed by atoms with van der Waals surface area (Å²) >= 11 is 0. The molecule has 0 spiro atoms. The zero-order chi connectivity index (χ0) is 13.8. The first-order valence-corrected chi connectivity index (χ1v) is 8.17. The van der Waals surface area contributed by atoms with E-state index >= 15 is 0 Å². The number of rotatable bonds is 5. The summed E-state index contributed by atoms with van der Waals surface area (Å²) in [5, 5.41) is 3.13. The molecule has 20 heavy (non-hydrogen) atoms. The molecule has 2 aliphatic rings. The maximum atomic E-state index is 12.1. The Kier molecular flexibility index (Phi) is 4.39. The van der Waals surface area contributed by atoms with Gasteiger partial charge in [0.05, 0.1) is 0 Å². The maximum Gasteiger partial charge on any atom is 0.220 e. The van der Waals surface area contributed by atoms with Crippen LogP contribution in [0.1, 0.15) is 62.0 Å². The van der Waals surface area contributed by atoms with E-state index in [1.165, 1.54) is 43.2 Å². The topological polar surface area (TPSA) is 29.1 Å². The molecule has 2 aliphatic carbocycles. The third-order valence-electron chi connectivity index (χ3n) is 5.04. The Hall–Kier alpha value is -1.31. The Bertz CT molecular complexity index is 462. The third kappa shape index (κ3) is 3.23. The van der Waals surface area contributed by atoms with Gasteiger partial charge >= 0.3 is 0 Å². The smallest absolute Gasteiger partial charge is 0.220 e. The van der Waals surface area contributed by atoms with E-state index in [0.717, 1.165) is 25.3 Å². The molecule has 1 amide bonds. The summed E-state index contributed by atoms with van der Waals surface area (Å²) in [6.45, 7) is 0.873. The van der Waals surface area contributed by atoms with Crippen LogP contribution in [0, 0.1) is 5.92 Å². The van der Waals surface area contributed by atoms with E-state index in [9.17, 15) is 4.79 Å². The van der Waals surface area contributed by atoms with Crippen LogP contribution in [0.15, 0.2) is 24.3 Å². The van der Waals surface area contributed by atoms with Gasteiger partial charge in [-0.1, -0.05) is 49.9 Å². The van der Waals surface area contributed by atoms with Gasteiger partial charge in [0.2, 0.25) is 5.91 Å². The Labute approximate surface area is 122 Å². The number of amides is 1. The predicted molar refractivity (Wildman–Crippen MR) is 81.7 cm³/mol. The van der Waals surface area contributed by atoms with Gasteiger partial charge < -0.3 is 5.32 Å². The molecule has 1 fully saturated rings. The van der Waals surface area contributed by atoms with E-state index in [0.29, 0.717) is 12.3 Å². The normalized spacial score (nSPS) is 21.9. The van der Waals surface area contributed by atoms with E-state index in [1.807, 2.05) is 0 Å². The number of aryl methyl sites for hydroxylation is 1. The van der Waals surface area contributed by atoms with E-state index in [1.54, 1.807) is 0 Å². The molecule has 1 atom stereocenters. The first-order chi connectivity index (χ1) is 9.83. The summed E-state index contributed by atoms with van der Waals surface area (Å²) in [7, 11) is 0. The molecule has 1 aromatic carbocycles. The molecule has 1 unspecified atom stereocenters. The van der Waals surface area contributed by atoms with Crippen LogP contribution >= 0.6 is 0 Å². The minimum absolute atomic E-state index is 0.240. The number of fused-ring (bicyclic) bond motifs is 1. The van der Waals surface area contributed by atoms with Gasteiger partial charge in [0.1, 0.15) is 0 Å². The van der Waals surface area contributed by atoms with Crippen molar-refractivity contribution in [3.05, 3.63) is 35.4 Å². The molecular weight excluding hydrogens is 246 g/mol. The molecule has 1 N–H and O–H groups in total. The summed E-state index contributed by atoms with van der Waals surface area (Å²) in [4.78, 5) is 12.1. The fraction of sp³-hybridized carbons (Fsp3) is 0.611. The fourth-order valence-electron chi connectivity index (χ4n) is 3.87. The van der Waals surface area contributed by atoms with Gasteiger partial charge in [-0.25, -0.2) is 0 Å². The minimum Gasteiger partial charge on any atom is -0.356 e. The van der Waals surface area contributed by atoms with Crippen molar-refractivity contribution < 1.29 is 4.79 Å². The Morgan fingerprint density at radius 1 is 1.15 bits per heavy atom. The number of nitrogens with one attached hydrogen (secondary N) is 1. The first-order valence-electron chi connectivity index (χ1n) is 8.17. The summed E-state index contributed by atoms with van der Waals surface area (Å²) in [6, 6.07) is 8.59. The van der Waals surface area contributed by atoms with Crippen molar-refractivity contribution in [3.8, 4) is 0 Å². The second kappa shape index (κ2) is 6.43. The van der Waals surface area contributed by atoms with Gasteiger partial charge in [-0.15, -0.1) is 0 Å². The van der Waals surface area contributed by atoms with E-state index in [2.05, 4.69) is 29.6 Å². The summed E-state index contributed by atoms with van der Waals surface area (Å²) < 4.78 is 0. The van der Waals surface area contributed by atoms with E-state index < -0.39 is 0 Å². The maximum absolute atomic E-state index is 12.1. The lowest BCUT2D eigenvalue weighted by Crippen LogP contribution is -2.26. The molecule has 0 saturated heterocycles. The predicted octanol–water partition coefficient (Wildman–Crippen LogP) is 3.80. The van der Waals surface area contributed by atoms with Crippen LogP contribution in [0.4, 0.5) is 0 Å². The van der Waals surface area contributed by atoms with E-state index in [-0.39, 0.29) is 5.91 Å². The highest BCUT2D eigenvalue weighted by Crippen LogP contribution is 2.35. The van der Waals surface area contributed by atoms with Crippen LogP contribution in [-0.2, 0) is 11.2 Å². The molecule has 0 bridgehead atoms. The highest BCUT2D eigenvalue weighted by molar-refractivity contribution is 5.77. The molecule has 2 nitrogen and oxygen atoms in total. The summed E-state index contributed by atoms with van der Waals surface area (Å²) in [5.74, 6) is 1.55. The second-order valence-electron chi connectivity index (χ2n) is 6.43. The molecule has 108 valence electrons. The summed E-state index contributed by atoms with van der Waals surface area (Å²) in [6.07, 6.45) is 9.62. The largest absolute Gasteiger partial charge is 0.356 e. The lowest BCUT2D eigenvalue weighted by Gasteiger charge is -2.13. The van der Waals surface area contributed by atoms with Crippen LogP contribution < -0.4 is 5.32 Å². The van der Waals surface area contributed by atoms with Crippen LogP contribution in [0.2, 0.25) is 0 Å². The molecule has 1 aromatic rings. The van der Waals surface area contributed by atoms with Crippen molar-refractivity contribution in [2.24, 2.45) is 5.92 Å². The van der Waals surface area contributed by atoms with Gasteiger partial charge in [0.15, 0.2) is 0 Å². The number of hydrogen-bond acceptors (Lipinski definition) is 1. The van der Waals surface area contributed by atoms with Crippen molar-refractivity contribution in [3.63, 3.8) is 0 Å². The minimum atomic E-state index is 0.240. The van der Waals surface area contributed by atoms with Crippen molar-refractivity contribution >= 4 is 5.91 Å². The number of hydrogen-bond donors (Lipinski definition) is 1. The molecule has 0 heterocycles. The molecule has 0 aromatic heterocycles. The molecule has 2 heteroatoms. The van der Waals surface area contributed by atoms with Crippen LogP contribution in [0.25, 0.3) is 0 Å². The molecule has 0 radical (unpaired) electrons. The average molecular weight is 271 g/mol.